The van der Waals surface area contributed by atoms with Crippen LogP contribution in [-0.4, -0.2) is 35.2 Å². The molecule has 1 saturated heterocycles. The van der Waals surface area contributed by atoms with Crippen LogP contribution in [0.5, 0.6) is 0 Å². The molecule has 0 bridgehead atoms. The Labute approximate surface area is 106 Å². The van der Waals surface area contributed by atoms with Crippen LogP contribution in [0.15, 0.2) is 12.7 Å². The van der Waals surface area contributed by atoms with E-state index in [4.69, 9.17) is 0 Å². The van der Waals surface area contributed by atoms with Gasteiger partial charge in [0.05, 0.1) is 6.10 Å². The molecule has 2 nitrogen and oxygen atoms in total. The lowest BCUT2D eigenvalue weighted by atomic mass is 9.80. The van der Waals surface area contributed by atoms with Gasteiger partial charge in [0.25, 0.3) is 0 Å². The number of hydrogen-bond donors (Lipinski definition) is 1. The van der Waals surface area contributed by atoms with Gasteiger partial charge in [0.1, 0.15) is 0 Å². The molecular weight excluding hydrogens is 210 g/mol. The molecule has 1 heterocycles. The van der Waals surface area contributed by atoms with Gasteiger partial charge in [0.15, 0.2) is 0 Å². The zero-order valence-electron chi connectivity index (χ0n) is 11.0. The van der Waals surface area contributed by atoms with Crippen molar-refractivity contribution in [2.45, 2.75) is 63.5 Å². The number of unbranched alkanes of at least 4 members (excludes halogenated alkanes) is 1. The predicted octanol–water partition coefficient (Wildman–Crippen LogP) is 2.97. The van der Waals surface area contributed by atoms with E-state index in [0.29, 0.717) is 12.0 Å². The first-order valence-electron chi connectivity index (χ1n) is 7.36. The second kappa shape index (κ2) is 6.55. The Balaban J connectivity index is 1.86. The van der Waals surface area contributed by atoms with Crippen LogP contribution in [0.2, 0.25) is 0 Å². The van der Waals surface area contributed by atoms with E-state index in [1.165, 1.54) is 51.6 Å². The van der Waals surface area contributed by atoms with Crippen molar-refractivity contribution in [3.63, 3.8) is 0 Å². The summed E-state index contributed by atoms with van der Waals surface area (Å²) in [5.74, 6) is 0.551. The molecule has 1 aliphatic carbocycles. The molecular formula is C15H27NO. The average Bonchev–Trinajstić information content (AvgIpc) is 2.78. The van der Waals surface area contributed by atoms with Crippen LogP contribution in [0.1, 0.15) is 51.4 Å². The summed E-state index contributed by atoms with van der Waals surface area (Å²) >= 11 is 0. The molecule has 2 fully saturated rings. The van der Waals surface area contributed by atoms with Crippen molar-refractivity contribution >= 4 is 0 Å². The van der Waals surface area contributed by atoms with Gasteiger partial charge in [-0.25, -0.2) is 0 Å². The molecule has 1 aliphatic heterocycles. The van der Waals surface area contributed by atoms with Crippen molar-refractivity contribution in [1.82, 2.24) is 4.90 Å². The van der Waals surface area contributed by atoms with Crippen LogP contribution in [-0.2, 0) is 0 Å². The number of aliphatic hydroxyl groups excluding tert-OH is 1. The minimum absolute atomic E-state index is 0.0336. The highest BCUT2D eigenvalue weighted by Crippen LogP contribution is 2.34. The van der Waals surface area contributed by atoms with Gasteiger partial charge in [-0.1, -0.05) is 18.9 Å². The van der Waals surface area contributed by atoms with Crippen molar-refractivity contribution in [3.8, 4) is 0 Å². The van der Waals surface area contributed by atoms with Crippen molar-refractivity contribution < 1.29 is 5.11 Å². The first-order valence-corrected chi connectivity index (χ1v) is 7.36. The summed E-state index contributed by atoms with van der Waals surface area (Å²) in [5.41, 5.74) is 0. The lowest BCUT2D eigenvalue weighted by molar-refractivity contribution is 0.0220. The minimum Gasteiger partial charge on any atom is -0.393 e. The normalized spacial score (nSPS) is 35.0. The predicted molar refractivity (Wildman–Crippen MR) is 72.0 cm³/mol. The third kappa shape index (κ3) is 3.32. The molecule has 0 aromatic rings. The average molecular weight is 237 g/mol. The van der Waals surface area contributed by atoms with Gasteiger partial charge in [-0.3, -0.25) is 0 Å². The van der Waals surface area contributed by atoms with Gasteiger partial charge >= 0.3 is 0 Å². The maximum atomic E-state index is 10.2. The van der Waals surface area contributed by atoms with Gasteiger partial charge < -0.3 is 10.0 Å². The van der Waals surface area contributed by atoms with E-state index in [1.807, 2.05) is 6.08 Å². The van der Waals surface area contributed by atoms with Gasteiger partial charge in [-0.15, -0.1) is 6.58 Å². The zero-order chi connectivity index (χ0) is 12.1. The largest absolute Gasteiger partial charge is 0.393 e. The molecule has 2 heteroatoms. The van der Waals surface area contributed by atoms with E-state index in [9.17, 15) is 5.11 Å². The Morgan fingerprint density at radius 3 is 2.76 bits per heavy atom. The van der Waals surface area contributed by atoms with Crippen molar-refractivity contribution in [3.05, 3.63) is 12.7 Å². The Bertz CT molecular complexity index is 241. The second-order valence-electron chi connectivity index (χ2n) is 5.69. The molecule has 3 atom stereocenters. The Hall–Kier alpha value is -0.340. The summed E-state index contributed by atoms with van der Waals surface area (Å²) in [5, 5.41) is 10.2. The van der Waals surface area contributed by atoms with Gasteiger partial charge in [0.2, 0.25) is 0 Å². The van der Waals surface area contributed by atoms with E-state index >= 15 is 0 Å². The maximum absolute atomic E-state index is 10.2. The lowest BCUT2D eigenvalue weighted by Crippen LogP contribution is -2.42. The van der Waals surface area contributed by atoms with Crippen LogP contribution < -0.4 is 0 Å². The Kier molecular flexibility index (Phi) is 5.05. The number of hydrogen-bond acceptors (Lipinski definition) is 2. The molecule has 98 valence electrons. The quantitative estimate of drug-likeness (QED) is 0.587. The summed E-state index contributed by atoms with van der Waals surface area (Å²) < 4.78 is 0. The van der Waals surface area contributed by atoms with E-state index in [-0.39, 0.29) is 6.10 Å². The first-order chi connectivity index (χ1) is 8.33. The molecule has 0 radical (unpaired) electrons. The molecule has 2 rings (SSSR count). The monoisotopic (exact) mass is 237 g/mol. The van der Waals surface area contributed by atoms with E-state index in [2.05, 4.69) is 11.5 Å². The number of nitrogens with zero attached hydrogens (tertiary/aromatic N) is 1. The molecule has 0 aromatic heterocycles. The Morgan fingerprint density at radius 1 is 1.18 bits per heavy atom. The fourth-order valence-corrected chi connectivity index (χ4v) is 3.64. The van der Waals surface area contributed by atoms with Crippen molar-refractivity contribution in [1.29, 1.82) is 0 Å². The zero-order valence-corrected chi connectivity index (χ0v) is 11.0. The van der Waals surface area contributed by atoms with E-state index in [1.54, 1.807) is 0 Å². The SMILES string of the molecule is C=CCCCN1CCCC1C1CCCCC1O. The summed E-state index contributed by atoms with van der Waals surface area (Å²) in [6.45, 7) is 6.22. The van der Waals surface area contributed by atoms with Crippen LogP contribution in [0, 0.1) is 5.92 Å². The molecule has 1 N–H and O–H groups in total. The number of likely N-dealkylation sites (tertiary alicyclic amines) is 1. The van der Waals surface area contributed by atoms with Crippen LogP contribution in [0.25, 0.3) is 0 Å². The van der Waals surface area contributed by atoms with E-state index in [0.717, 1.165) is 12.8 Å². The van der Waals surface area contributed by atoms with Gasteiger partial charge in [0, 0.05) is 12.0 Å². The standard InChI is InChI=1S/C15H27NO/c1-2-3-6-11-16-12-7-9-14(16)13-8-4-5-10-15(13)17/h2,13-15,17H,1,3-12H2. The topological polar surface area (TPSA) is 23.5 Å². The Morgan fingerprint density at radius 2 is 2.00 bits per heavy atom. The van der Waals surface area contributed by atoms with Gasteiger partial charge in [-0.2, -0.15) is 0 Å². The number of aliphatic hydroxyl groups is 1. The summed E-state index contributed by atoms with van der Waals surface area (Å²) in [7, 11) is 0. The lowest BCUT2D eigenvalue weighted by Gasteiger charge is -2.37. The highest BCUT2D eigenvalue weighted by Gasteiger charge is 2.36. The second-order valence-corrected chi connectivity index (χ2v) is 5.69. The molecule has 2 aliphatic rings. The van der Waals surface area contributed by atoms with Crippen LogP contribution in [0.4, 0.5) is 0 Å². The molecule has 17 heavy (non-hydrogen) atoms. The van der Waals surface area contributed by atoms with Crippen molar-refractivity contribution in [2.24, 2.45) is 5.92 Å². The van der Waals surface area contributed by atoms with Gasteiger partial charge in [-0.05, 0) is 51.6 Å². The summed E-state index contributed by atoms with van der Waals surface area (Å²) in [4.78, 5) is 2.63. The minimum atomic E-state index is -0.0336. The molecule has 1 saturated carbocycles. The highest BCUT2D eigenvalue weighted by molar-refractivity contribution is 4.90. The van der Waals surface area contributed by atoms with Crippen molar-refractivity contribution in [2.75, 3.05) is 13.1 Å². The molecule has 3 unspecified atom stereocenters. The number of allylic oxidation sites excluding steroid dienone is 1. The molecule has 0 amide bonds. The summed E-state index contributed by atoms with van der Waals surface area (Å²) in [6, 6.07) is 0.662. The fraction of sp³-hybridized carbons (Fsp3) is 0.867. The number of rotatable bonds is 5. The van der Waals surface area contributed by atoms with E-state index < -0.39 is 0 Å². The maximum Gasteiger partial charge on any atom is 0.0583 e. The first kappa shape index (κ1) is 13.1. The van der Waals surface area contributed by atoms with Crippen LogP contribution >= 0.6 is 0 Å². The molecule has 0 aromatic carbocycles. The van der Waals surface area contributed by atoms with Crippen LogP contribution in [0.3, 0.4) is 0 Å². The smallest absolute Gasteiger partial charge is 0.0583 e. The highest BCUT2D eigenvalue weighted by atomic mass is 16.3. The fourth-order valence-electron chi connectivity index (χ4n) is 3.64. The summed E-state index contributed by atoms with van der Waals surface area (Å²) in [6.07, 6.45) is 11.8. The molecule has 0 spiro atoms. The third-order valence-corrected chi connectivity index (χ3v) is 4.54. The third-order valence-electron chi connectivity index (χ3n) is 4.54.